The molecule has 0 radical (unpaired) electrons. The maximum atomic E-state index is 12.0. The average Bonchev–Trinajstić information content (AvgIpc) is 2.22. The number of aliphatic carboxylic acids is 1. The highest BCUT2D eigenvalue weighted by atomic mass is 16.4. The molecule has 0 spiro atoms. The molecular formula is C12H23N3O4. The smallest absolute Gasteiger partial charge is 0.318 e. The summed E-state index contributed by atoms with van der Waals surface area (Å²) in [6.07, 6.45) is 0.265. The summed E-state index contributed by atoms with van der Waals surface area (Å²) in [6, 6.07) is -0.605. The number of primary amides is 1. The number of carboxylic acids is 1. The minimum absolute atomic E-state index is 0.0369. The number of hydrogen-bond donors (Lipinski definition) is 3. The highest BCUT2D eigenvalue weighted by molar-refractivity contribution is 5.83. The van der Waals surface area contributed by atoms with Gasteiger partial charge in [0.05, 0.1) is 0 Å². The third kappa shape index (κ3) is 7.28. The van der Waals surface area contributed by atoms with Crippen LogP contribution in [-0.2, 0) is 9.59 Å². The first-order chi connectivity index (χ1) is 8.55. The van der Waals surface area contributed by atoms with Crippen molar-refractivity contribution in [2.75, 3.05) is 6.54 Å². The molecule has 0 saturated heterocycles. The Morgan fingerprint density at radius 1 is 1.32 bits per heavy atom. The molecule has 3 amide bonds. The standard InChI is InChI=1S/C12H23N3O4/c1-8(2)15(7-9(13)16)11(19)14-12(3,4)6-5-10(17)18/h8H,5-7H2,1-4H3,(H2,13,16)(H,14,19)(H,17,18). The van der Waals surface area contributed by atoms with Crippen molar-refractivity contribution in [2.45, 2.75) is 52.1 Å². The van der Waals surface area contributed by atoms with E-state index in [1.807, 2.05) is 0 Å². The van der Waals surface area contributed by atoms with Crippen LogP contribution in [-0.4, -0.2) is 46.0 Å². The zero-order chi connectivity index (χ0) is 15.2. The largest absolute Gasteiger partial charge is 0.481 e. The second-order valence-electron chi connectivity index (χ2n) is 5.40. The lowest BCUT2D eigenvalue weighted by atomic mass is 9.98. The zero-order valence-electron chi connectivity index (χ0n) is 11.9. The number of nitrogens with two attached hydrogens (primary N) is 1. The third-order valence-electron chi connectivity index (χ3n) is 2.62. The Morgan fingerprint density at radius 3 is 2.21 bits per heavy atom. The molecular weight excluding hydrogens is 250 g/mol. The van der Waals surface area contributed by atoms with Crippen LogP contribution in [0.2, 0.25) is 0 Å². The molecule has 0 aromatic rings. The fourth-order valence-corrected chi connectivity index (χ4v) is 1.50. The van der Waals surface area contributed by atoms with Crippen molar-refractivity contribution in [3.8, 4) is 0 Å². The van der Waals surface area contributed by atoms with E-state index < -0.39 is 23.4 Å². The van der Waals surface area contributed by atoms with Gasteiger partial charge < -0.3 is 21.1 Å². The Bertz CT molecular complexity index is 353. The summed E-state index contributed by atoms with van der Waals surface area (Å²) in [7, 11) is 0. The Hall–Kier alpha value is -1.79. The first kappa shape index (κ1) is 17.2. The van der Waals surface area contributed by atoms with Gasteiger partial charge in [0.15, 0.2) is 0 Å². The molecule has 7 heteroatoms. The number of carbonyl (C=O) groups excluding carboxylic acids is 2. The Kier molecular flexibility index (Phi) is 6.31. The predicted octanol–water partition coefficient (Wildman–Crippen LogP) is 0.535. The number of carboxylic acid groups (broad SMARTS) is 1. The average molecular weight is 273 g/mol. The molecule has 0 bridgehead atoms. The van der Waals surface area contributed by atoms with E-state index in [0.717, 1.165) is 0 Å². The van der Waals surface area contributed by atoms with Crippen molar-refractivity contribution in [1.82, 2.24) is 10.2 Å². The lowest BCUT2D eigenvalue weighted by Gasteiger charge is -2.32. The van der Waals surface area contributed by atoms with Gasteiger partial charge in [-0.15, -0.1) is 0 Å². The van der Waals surface area contributed by atoms with Gasteiger partial charge in [0.2, 0.25) is 5.91 Å². The summed E-state index contributed by atoms with van der Waals surface area (Å²) in [4.78, 5) is 34.8. The van der Waals surface area contributed by atoms with Crippen molar-refractivity contribution in [1.29, 1.82) is 0 Å². The number of rotatable bonds is 7. The summed E-state index contributed by atoms with van der Waals surface area (Å²) in [5.74, 6) is -1.51. The topological polar surface area (TPSA) is 113 Å². The SMILES string of the molecule is CC(C)N(CC(N)=O)C(=O)NC(C)(C)CCC(=O)O. The number of amides is 3. The van der Waals surface area contributed by atoms with E-state index in [4.69, 9.17) is 10.8 Å². The highest BCUT2D eigenvalue weighted by Gasteiger charge is 2.26. The van der Waals surface area contributed by atoms with Crippen LogP contribution in [0.4, 0.5) is 4.79 Å². The summed E-state index contributed by atoms with van der Waals surface area (Å²) >= 11 is 0. The number of hydrogen-bond acceptors (Lipinski definition) is 3. The minimum atomic E-state index is -0.917. The normalized spacial score (nSPS) is 11.2. The molecule has 0 unspecified atom stereocenters. The summed E-state index contributed by atoms with van der Waals surface area (Å²) in [6.45, 7) is 6.84. The van der Waals surface area contributed by atoms with Crippen molar-refractivity contribution in [2.24, 2.45) is 5.73 Å². The van der Waals surface area contributed by atoms with Crippen LogP contribution in [0, 0.1) is 0 Å². The minimum Gasteiger partial charge on any atom is -0.481 e. The van der Waals surface area contributed by atoms with Gasteiger partial charge in [-0.2, -0.15) is 0 Å². The predicted molar refractivity (Wildman–Crippen MR) is 70.5 cm³/mol. The molecule has 0 aliphatic heterocycles. The molecule has 0 aliphatic rings. The lowest BCUT2D eigenvalue weighted by Crippen LogP contribution is -2.54. The van der Waals surface area contributed by atoms with Crippen molar-refractivity contribution in [3.05, 3.63) is 0 Å². The van der Waals surface area contributed by atoms with Gasteiger partial charge in [-0.05, 0) is 34.1 Å². The van der Waals surface area contributed by atoms with Crippen LogP contribution in [0.25, 0.3) is 0 Å². The molecule has 0 aliphatic carbocycles. The van der Waals surface area contributed by atoms with Crippen molar-refractivity contribution < 1.29 is 19.5 Å². The molecule has 4 N–H and O–H groups in total. The molecule has 0 rings (SSSR count). The maximum absolute atomic E-state index is 12.0. The molecule has 110 valence electrons. The van der Waals surface area contributed by atoms with Crippen LogP contribution in [0.3, 0.4) is 0 Å². The number of carbonyl (C=O) groups is 3. The van der Waals surface area contributed by atoms with Gasteiger partial charge >= 0.3 is 12.0 Å². The third-order valence-corrected chi connectivity index (χ3v) is 2.62. The van der Waals surface area contributed by atoms with Crippen molar-refractivity contribution >= 4 is 17.9 Å². The Labute approximate surface area is 113 Å². The number of nitrogens with one attached hydrogen (secondary N) is 1. The van der Waals surface area contributed by atoms with E-state index in [1.165, 1.54) is 4.90 Å². The number of urea groups is 1. The van der Waals surface area contributed by atoms with Crippen LogP contribution in [0.5, 0.6) is 0 Å². The lowest BCUT2D eigenvalue weighted by molar-refractivity contribution is -0.137. The second kappa shape index (κ2) is 6.96. The van der Waals surface area contributed by atoms with E-state index in [9.17, 15) is 14.4 Å². The van der Waals surface area contributed by atoms with Gasteiger partial charge in [-0.3, -0.25) is 9.59 Å². The molecule has 0 fully saturated rings. The van der Waals surface area contributed by atoms with Crippen LogP contribution < -0.4 is 11.1 Å². The molecule has 19 heavy (non-hydrogen) atoms. The van der Waals surface area contributed by atoms with E-state index in [2.05, 4.69) is 5.32 Å². The van der Waals surface area contributed by atoms with Gasteiger partial charge in [-0.1, -0.05) is 0 Å². The summed E-state index contributed by atoms with van der Waals surface area (Å²) in [5.41, 5.74) is 4.43. The van der Waals surface area contributed by atoms with Crippen LogP contribution >= 0.6 is 0 Å². The molecule has 0 atom stereocenters. The fourth-order valence-electron chi connectivity index (χ4n) is 1.50. The van der Waals surface area contributed by atoms with Gasteiger partial charge in [0.1, 0.15) is 6.54 Å². The second-order valence-corrected chi connectivity index (χ2v) is 5.40. The first-order valence-electron chi connectivity index (χ1n) is 6.14. The van der Waals surface area contributed by atoms with E-state index in [0.29, 0.717) is 6.42 Å². The summed E-state index contributed by atoms with van der Waals surface area (Å²) in [5, 5.41) is 11.4. The molecule has 7 nitrogen and oxygen atoms in total. The summed E-state index contributed by atoms with van der Waals surface area (Å²) < 4.78 is 0. The molecule has 0 aromatic carbocycles. The molecule has 0 saturated carbocycles. The van der Waals surface area contributed by atoms with Crippen molar-refractivity contribution in [3.63, 3.8) is 0 Å². The van der Waals surface area contributed by atoms with Crippen LogP contribution in [0.15, 0.2) is 0 Å². The fraction of sp³-hybridized carbons (Fsp3) is 0.750. The van der Waals surface area contributed by atoms with Gasteiger partial charge in [0.25, 0.3) is 0 Å². The molecule has 0 aromatic heterocycles. The monoisotopic (exact) mass is 273 g/mol. The van der Waals surface area contributed by atoms with E-state index >= 15 is 0 Å². The zero-order valence-corrected chi connectivity index (χ0v) is 11.9. The molecule has 0 heterocycles. The van der Waals surface area contributed by atoms with E-state index in [-0.39, 0.29) is 19.0 Å². The quantitative estimate of drug-likeness (QED) is 0.628. The van der Waals surface area contributed by atoms with Gasteiger partial charge in [0, 0.05) is 18.0 Å². The first-order valence-corrected chi connectivity index (χ1v) is 6.14. The van der Waals surface area contributed by atoms with Gasteiger partial charge in [-0.25, -0.2) is 4.79 Å². The maximum Gasteiger partial charge on any atom is 0.318 e. The Balaban J connectivity index is 4.61. The Morgan fingerprint density at radius 2 is 1.84 bits per heavy atom. The number of nitrogens with zero attached hydrogens (tertiary/aromatic N) is 1. The highest BCUT2D eigenvalue weighted by Crippen LogP contribution is 2.12. The van der Waals surface area contributed by atoms with Crippen LogP contribution in [0.1, 0.15) is 40.5 Å². The van der Waals surface area contributed by atoms with E-state index in [1.54, 1.807) is 27.7 Å².